The number of carboxylic acid groups (broad SMARTS) is 1. The van der Waals surface area contributed by atoms with Gasteiger partial charge in [0.25, 0.3) is 0 Å². The van der Waals surface area contributed by atoms with Crippen LogP contribution in [0.4, 0.5) is 0 Å². The van der Waals surface area contributed by atoms with Crippen LogP contribution in [0.3, 0.4) is 0 Å². The van der Waals surface area contributed by atoms with Gasteiger partial charge in [-0.3, -0.25) is 0 Å². The molecule has 2 heterocycles. The van der Waals surface area contributed by atoms with Crippen molar-refractivity contribution in [3.8, 4) is 22.8 Å². The Kier molecular flexibility index (Phi) is 3.59. The van der Waals surface area contributed by atoms with Crippen LogP contribution in [0, 0.1) is 0 Å². The molecule has 1 aromatic carbocycles. The van der Waals surface area contributed by atoms with Crippen molar-refractivity contribution in [2.24, 2.45) is 0 Å². The standard InChI is InChI=1S/C14H12BrNO5/c1-2-9-11(14(17)18)12(16-21-9)7-5-8(15)13-10(6-7)19-3-4-20-13/h5-6H,2-4H2,1H3,(H,17,18). The van der Waals surface area contributed by atoms with Crippen molar-refractivity contribution in [1.29, 1.82) is 0 Å². The molecule has 6 nitrogen and oxygen atoms in total. The highest BCUT2D eigenvalue weighted by molar-refractivity contribution is 9.10. The Morgan fingerprint density at radius 1 is 1.38 bits per heavy atom. The summed E-state index contributed by atoms with van der Waals surface area (Å²) < 4.78 is 16.9. The number of ether oxygens (including phenoxy) is 2. The van der Waals surface area contributed by atoms with E-state index in [0.717, 1.165) is 0 Å². The van der Waals surface area contributed by atoms with Gasteiger partial charge in [0.2, 0.25) is 0 Å². The summed E-state index contributed by atoms with van der Waals surface area (Å²) in [5.74, 6) is 0.460. The van der Waals surface area contributed by atoms with Gasteiger partial charge in [-0.25, -0.2) is 4.79 Å². The van der Waals surface area contributed by atoms with Crippen LogP contribution < -0.4 is 9.47 Å². The van der Waals surface area contributed by atoms with Gasteiger partial charge in [-0.1, -0.05) is 12.1 Å². The molecule has 1 aliphatic heterocycles. The topological polar surface area (TPSA) is 81.8 Å². The largest absolute Gasteiger partial charge is 0.486 e. The smallest absolute Gasteiger partial charge is 0.341 e. The Morgan fingerprint density at radius 3 is 2.86 bits per heavy atom. The SMILES string of the molecule is CCc1onc(-c2cc(Br)c3c(c2)OCCO3)c1C(=O)O. The Balaban J connectivity index is 2.15. The molecule has 0 saturated carbocycles. The molecule has 0 fully saturated rings. The monoisotopic (exact) mass is 353 g/mol. The van der Waals surface area contributed by atoms with Crippen molar-refractivity contribution in [2.75, 3.05) is 13.2 Å². The number of halogens is 1. The third kappa shape index (κ3) is 2.37. The highest BCUT2D eigenvalue weighted by Gasteiger charge is 2.25. The first kappa shape index (κ1) is 13.9. The van der Waals surface area contributed by atoms with Gasteiger partial charge in [-0.15, -0.1) is 0 Å². The van der Waals surface area contributed by atoms with E-state index < -0.39 is 5.97 Å². The van der Waals surface area contributed by atoms with Gasteiger partial charge < -0.3 is 19.1 Å². The molecule has 0 aliphatic carbocycles. The van der Waals surface area contributed by atoms with Crippen molar-refractivity contribution in [3.63, 3.8) is 0 Å². The maximum Gasteiger partial charge on any atom is 0.341 e. The van der Waals surface area contributed by atoms with E-state index in [-0.39, 0.29) is 11.3 Å². The number of aromatic carboxylic acids is 1. The van der Waals surface area contributed by atoms with Crippen LogP contribution in [0.5, 0.6) is 11.5 Å². The fraction of sp³-hybridized carbons (Fsp3) is 0.286. The molecule has 110 valence electrons. The van der Waals surface area contributed by atoms with Crippen molar-refractivity contribution < 1.29 is 23.9 Å². The molecule has 3 rings (SSSR count). The minimum absolute atomic E-state index is 0.0843. The molecule has 21 heavy (non-hydrogen) atoms. The quantitative estimate of drug-likeness (QED) is 0.912. The number of hydrogen-bond acceptors (Lipinski definition) is 5. The molecule has 1 N–H and O–H groups in total. The zero-order valence-electron chi connectivity index (χ0n) is 11.2. The van der Waals surface area contributed by atoms with Crippen LogP contribution >= 0.6 is 15.9 Å². The number of carboxylic acids is 1. The lowest BCUT2D eigenvalue weighted by molar-refractivity contribution is 0.0695. The van der Waals surface area contributed by atoms with Crippen LogP contribution in [0.25, 0.3) is 11.3 Å². The minimum Gasteiger partial charge on any atom is -0.486 e. The lowest BCUT2D eigenvalue weighted by atomic mass is 10.0. The van der Waals surface area contributed by atoms with Gasteiger partial charge in [0.05, 0.1) is 4.47 Å². The zero-order valence-corrected chi connectivity index (χ0v) is 12.8. The number of carbonyl (C=O) groups is 1. The number of fused-ring (bicyclic) bond motifs is 1. The van der Waals surface area contributed by atoms with Crippen molar-refractivity contribution in [2.45, 2.75) is 13.3 Å². The first-order valence-electron chi connectivity index (χ1n) is 6.43. The highest BCUT2D eigenvalue weighted by atomic mass is 79.9. The van der Waals surface area contributed by atoms with Gasteiger partial charge in [-0.05, 0) is 28.1 Å². The van der Waals surface area contributed by atoms with E-state index >= 15 is 0 Å². The van der Waals surface area contributed by atoms with E-state index in [1.165, 1.54) is 0 Å². The Morgan fingerprint density at radius 2 is 2.14 bits per heavy atom. The summed E-state index contributed by atoms with van der Waals surface area (Å²) >= 11 is 3.40. The number of aromatic nitrogens is 1. The van der Waals surface area contributed by atoms with Crippen molar-refractivity contribution >= 4 is 21.9 Å². The Bertz CT molecular complexity index is 710. The number of nitrogens with zero attached hydrogens (tertiary/aromatic N) is 1. The fourth-order valence-corrected chi connectivity index (χ4v) is 2.79. The molecule has 0 saturated heterocycles. The number of aryl methyl sites for hydroxylation is 1. The fourth-order valence-electron chi connectivity index (χ4n) is 2.23. The maximum absolute atomic E-state index is 11.4. The summed E-state index contributed by atoms with van der Waals surface area (Å²) in [4.78, 5) is 11.4. The first-order valence-corrected chi connectivity index (χ1v) is 7.22. The second-order valence-electron chi connectivity index (χ2n) is 4.47. The van der Waals surface area contributed by atoms with Gasteiger partial charge in [0.1, 0.15) is 24.5 Å². The summed E-state index contributed by atoms with van der Waals surface area (Å²) in [7, 11) is 0. The predicted molar refractivity (Wildman–Crippen MR) is 77.0 cm³/mol. The molecule has 7 heteroatoms. The zero-order chi connectivity index (χ0) is 15.0. The second-order valence-corrected chi connectivity index (χ2v) is 5.32. The van der Waals surface area contributed by atoms with Gasteiger partial charge in [0.15, 0.2) is 17.3 Å². The van der Waals surface area contributed by atoms with Crippen LogP contribution in [-0.4, -0.2) is 29.4 Å². The molecule has 0 amide bonds. The average molecular weight is 354 g/mol. The van der Waals surface area contributed by atoms with Gasteiger partial charge >= 0.3 is 5.97 Å². The Labute approximate surface area is 128 Å². The van der Waals surface area contributed by atoms with Crippen LogP contribution in [0.2, 0.25) is 0 Å². The number of hydrogen-bond donors (Lipinski definition) is 1. The summed E-state index contributed by atoms with van der Waals surface area (Å²) in [6.07, 6.45) is 0.459. The third-order valence-electron chi connectivity index (χ3n) is 3.17. The lowest BCUT2D eigenvalue weighted by Gasteiger charge is -2.20. The maximum atomic E-state index is 11.4. The van der Waals surface area contributed by atoms with Crippen LogP contribution in [-0.2, 0) is 6.42 Å². The minimum atomic E-state index is -1.06. The van der Waals surface area contributed by atoms with E-state index in [9.17, 15) is 9.90 Å². The summed E-state index contributed by atoms with van der Waals surface area (Å²) in [6.45, 7) is 2.75. The van der Waals surface area contributed by atoms with E-state index in [4.69, 9.17) is 14.0 Å². The molecule has 2 aromatic rings. The van der Waals surface area contributed by atoms with Crippen molar-refractivity contribution in [1.82, 2.24) is 5.16 Å². The van der Waals surface area contributed by atoms with Crippen LogP contribution in [0.15, 0.2) is 21.1 Å². The molecule has 1 aromatic heterocycles. The molecular formula is C14H12BrNO5. The van der Waals surface area contributed by atoms with E-state index in [1.54, 1.807) is 12.1 Å². The third-order valence-corrected chi connectivity index (χ3v) is 3.76. The second kappa shape index (κ2) is 5.40. The van der Waals surface area contributed by atoms with E-state index in [2.05, 4.69) is 21.1 Å². The van der Waals surface area contributed by atoms with Gasteiger partial charge in [-0.2, -0.15) is 0 Å². The molecular weight excluding hydrogens is 342 g/mol. The molecule has 0 spiro atoms. The number of benzene rings is 1. The molecule has 0 radical (unpaired) electrons. The summed E-state index contributed by atoms with van der Waals surface area (Å²) in [5, 5.41) is 13.3. The average Bonchev–Trinajstić information content (AvgIpc) is 2.91. The normalized spacial score (nSPS) is 13.2. The number of rotatable bonds is 3. The van der Waals surface area contributed by atoms with E-state index in [0.29, 0.717) is 46.9 Å². The van der Waals surface area contributed by atoms with Gasteiger partial charge in [0, 0.05) is 12.0 Å². The summed E-state index contributed by atoms with van der Waals surface area (Å²) in [5.41, 5.74) is 0.977. The highest BCUT2D eigenvalue weighted by Crippen LogP contribution is 2.41. The predicted octanol–water partition coefficient (Wildman–Crippen LogP) is 3.14. The molecule has 1 aliphatic rings. The van der Waals surface area contributed by atoms with Crippen molar-refractivity contribution in [3.05, 3.63) is 27.9 Å². The van der Waals surface area contributed by atoms with E-state index in [1.807, 2.05) is 6.92 Å². The molecule has 0 unspecified atom stereocenters. The van der Waals surface area contributed by atoms with Crippen LogP contribution in [0.1, 0.15) is 23.0 Å². The lowest BCUT2D eigenvalue weighted by Crippen LogP contribution is -2.15. The molecule has 0 atom stereocenters. The first-order chi connectivity index (χ1) is 10.1. The Hall–Kier alpha value is -2.02. The molecule has 0 bridgehead atoms. The summed E-state index contributed by atoms with van der Waals surface area (Å²) in [6, 6.07) is 3.46.